The number of carbonyl (C=O) groups is 1. The first-order valence-electron chi connectivity index (χ1n) is 3.68. The Kier molecular flexibility index (Phi) is 2.63. The molecule has 2 heteroatoms. The van der Waals surface area contributed by atoms with E-state index in [4.69, 9.17) is 0 Å². The molecule has 0 aliphatic carbocycles. The van der Waals surface area contributed by atoms with Crippen LogP contribution >= 0.6 is 0 Å². The van der Waals surface area contributed by atoms with Gasteiger partial charge in [0.05, 0.1) is 6.04 Å². The molecule has 0 radical (unpaired) electrons. The van der Waals surface area contributed by atoms with Crippen LogP contribution in [-0.4, -0.2) is 18.9 Å². The highest BCUT2D eigenvalue weighted by atomic mass is 16.1. The summed E-state index contributed by atoms with van der Waals surface area (Å²) < 4.78 is 0. The first-order valence-corrected chi connectivity index (χ1v) is 3.68. The second kappa shape index (κ2) is 3.52. The van der Waals surface area contributed by atoms with Crippen LogP contribution in [0.25, 0.3) is 0 Å². The molecule has 1 rings (SSSR count). The van der Waals surface area contributed by atoms with Gasteiger partial charge in [-0.2, -0.15) is 0 Å². The van der Waals surface area contributed by atoms with Crippen molar-refractivity contribution in [2.45, 2.75) is 18.9 Å². The molecule has 0 unspecified atom stereocenters. The molecule has 0 amide bonds. The molecule has 1 saturated heterocycles. The van der Waals surface area contributed by atoms with Crippen LogP contribution in [0.5, 0.6) is 0 Å². The number of rotatable bonds is 2. The lowest BCUT2D eigenvalue weighted by molar-refractivity contribution is -0.110. The third-order valence-electron chi connectivity index (χ3n) is 1.98. The Hall–Kier alpha value is -0.630. The number of piperidine rings is 1. The summed E-state index contributed by atoms with van der Waals surface area (Å²) in [6.45, 7) is 4.65. The van der Waals surface area contributed by atoms with Gasteiger partial charge in [-0.25, -0.2) is 0 Å². The van der Waals surface area contributed by atoms with Crippen molar-refractivity contribution in [3.63, 3.8) is 0 Å². The Labute approximate surface area is 61.3 Å². The fourth-order valence-corrected chi connectivity index (χ4v) is 1.30. The van der Waals surface area contributed by atoms with Crippen molar-refractivity contribution in [3.8, 4) is 0 Å². The fraction of sp³-hybridized carbons (Fsp3) is 0.625. The van der Waals surface area contributed by atoms with Crippen molar-refractivity contribution in [3.05, 3.63) is 12.7 Å². The lowest BCUT2D eigenvalue weighted by Crippen LogP contribution is -2.38. The molecule has 1 N–H and O–H groups in total. The van der Waals surface area contributed by atoms with Gasteiger partial charge >= 0.3 is 0 Å². The average molecular weight is 139 g/mol. The Morgan fingerprint density at radius 3 is 3.00 bits per heavy atom. The molecule has 0 aromatic heterocycles. The van der Waals surface area contributed by atoms with Gasteiger partial charge in [-0.1, -0.05) is 6.08 Å². The fourth-order valence-electron chi connectivity index (χ4n) is 1.30. The zero-order valence-electron chi connectivity index (χ0n) is 6.05. The number of hydrogen-bond donors (Lipinski definition) is 1. The van der Waals surface area contributed by atoms with E-state index in [-0.39, 0.29) is 6.04 Å². The molecule has 0 aromatic carbocycles. The summed E-state index contributed by atoms with van der Waals surface area (Å²) in [5.41, 5.74) is 0. The Balaban J connectivity index is 2.38. The van der Waals surface area contributed by atoms with E-state index in [1.165, 1.54) is 0 Å². The SMILES string of the molecule is C=C[C@@H]1CCN[C@H](C=O)C1. The molecule has 0 spiro atoms. The van der Waals surface area contributed by atoms with E-state index in [0.29, 0.717) is 5.92 Å². The molecule has 2 nitrogen and oxygen atoms in total. The zero-order chi connectivity index (χ0) is 7.40. The molecular formula is C8H13NO. The molecule has 0 saturated carbocycles. The highest BCUT2D eigenvalue weighted by Gasteiger charge is 2.17. The van der Waals surface area contributed by atoms with Crippen molar-refractivity contribution >= 4 is 6.29 Å². The van der Waals surface area contributed by atoms with Gasteiger partial charge in [-0.3, -0.25) is 0 Å². The minimum Gasteiger partial charge on any atom is -0.308 e. The third kappa shape index (κ3) is 1.67. The highest BCUT2D eigenvalue weighted by Crippen LogP contribution is 2.15. The van der Waals surface area contributed by atoms with E-state index in [0.717, 1.165) is 25.7 Å². The Morgan fingerprint density at radius 2 is 2.40 bits per heavy atom. The van der Waals surface area contributed by atoms with Gasteiger partial charge < -0.3 is 10.1 Å². The number of hydrogen-bond acceptors (Lipinski definition) is 2. The Bertz CT molecular complexity index is 119. The van der Waals surface area contributed by atoms with Crippen molar-refractivity contribution in [2.75, 3.05) is 6.54 Å². The van der Waals surface area contributed by atoms with Gasteiger partial charge in [0.25, 0.3) is 0 Å². The summed E-state index contributed by atoms with van der Waals surface area (Å²) in [5, 5.41) is 3.12. The van der Waals surface area contributed by atoms with Crippen LogP contribution in [0.3, 0.4) is 0 Å². The normalized spacial score (nSPS) is 33.2. The molecule has 10 heavy (non-hydrogen) atoms. The molecule has 1 fully saturated rings. The van der Waals surface area contributed by atoms with E-state index < -0.39 is 0 Å². The van der Waals surface area contributed by atoms with Gasteiger partial charge in [0.15, 0.2) is 0 Å². The molecule has 1 aliphatic heterocycles. The lowest BCUT2D eigenvalue weighted by atomic mass is 9.93. The van der Waals surface area contributed by atoms with Gasteiger partial charge in [-0.05, 0) is 25.3 Å². The highest BCUT2D eigenvalue weighted by molar-refractivity contribution is 5.57. The summed E-state index contributed by atoms with van der Waals surface area (Å²) in [6.07, 6.45) is 4.97. The topological polar surface area (TPSA) is 29.1 Å². The van der Waals surface area contributed by atoms with Crippen molar-refractivity contribution in [2.24, 2.45) is 5.92 Å². The van der Waals surface area contributed by atoms with Crippen LogP contribution in [0.15, 0.2) is 12.7 Å². The standard InChI is InChI=1S/C8H13NO/c1-2-7-3-4-9-8(5-7)6-10/h2,6-9H,1,3-5H2/t7-,8+/m1/s1. The molecular weight excluding hydrogens is 126 g/mol. The summed E-state index contributed by atoms with van der Waals surface area (Å²) in [4.78, 5) is 10.3. The maximum Gasteiger partial charge on any atom is 0.136 e. The Morgan fingerprint density at radius 1 is 1.60 bits per heavy atom. The monoisotopic (exact) mass is 139 g/mol. The molecule has 0 bridgehead atoms. The van der Waals surface area contributed by atoms with Crippen LogP contribution < -0.4 is 5.32 Å². The smallest absolute Gasteiger partial charge is 0.136 e. The molecule has 0 aromatic rings. The molecule has 1 aliphatic rings. The van der Waals surface area contributed by atoms with E-state index in [1.807, 2.05) is 6.08 Å². The summed E-state index contributed by atoms with van der Waals surface area (Å²) in [6, 6.07) is 0.0664. The van der Waals surface area contributed by atoms with Crippen LogP contribution in [0.1, 0.15) is 12.8 Å². The summed E-state index contributed by atoms with van der Waals surface area (Å²) >= 11 is 0. The first-order chi connectivity index (χ1) is 4.86. The number of carbonyl (C=O) groups excluding carboxylic acids is 1. The largest absolute Gasteiger partial charge is 0.308 e. The zero-order valence-corrected chi connectivity index (χ0v) is 6.05. The van der Waals surface area contributed by atoms with Crippen molar-refractivity contribution < 1.29 is 4.79 Å². The van der Waals surface area contributed by atoms with Gasteiger partial charge in [0.2, 0.25) is 0 Å². The van der Waals surface area contributed by atoms with E-state index >= 15 is 0 Å². The van der Waals surface area contributed by atoms with Crippen molar-refractivity contribution in [1.82, 2.24) is 5.32 Å². The number of allylic oxidation sites excluding steroid dienone is 1. The molecule has 56 valence electrons. The van der Waals surface area contributed by atoms with Gasteiger partial charge in [-0.15, -0.1) is 6.58 Å². The maximum absolute atomic E-state index is 10.3. The summed E-state index contributed by atoms with van der Waals surface area (Å²) in [7, 11) is 0. The van der Waals surface area contributed by atoms with E-state index in [1.54, 1.807) is 0 Å². The van der Waals surface area contributed by atoms with Crippen LogP contribution in [-0.2, 0) is 4.79 Å². The lowest BCUT2D eigenvalue weighted by Gasteiger charge is -2.24. The van der Waals surface area contributed by atoms with E-state index in [9.17, 15) is 4.79 Å². The van der Waals surface area contributed by atoms with Crippen LogP contribution in [0.2, 0.25) is 0 Å². The second-order valence-electron chi connectivity index (χ2n) is 2.72. The predicted octanol–water partition coefficient (Wildman–Crippen LogP) is 0.740. The second-order valence-corrected chi connectivity index (χ2v) is 2.72. The van der Waals surface area contributed by atoms with Crippen LogP contribution in [0, 0.1) is 5.92 Å². The number of nitrogens with one attached hydrogen (secondary N) is 1. The first kappa shape index (κ1) is 7.48. The average Bonchev–Trinajstić information content (AvgIpc) is 2.05. The maximum atomic E-state index is 10.3. The molecule has 2 atom stereocenters. The molecule has 1 heterocycles. The van der Waals surface area contributed by atoms with Gasteiger partial charge in [0, 0.05) is 0 Å². The quantitative estimate of drug-likeness (QED) is 0.451. The summed E-state index contributed by atoms with van der Waals surface area (Å²) in [5.74, 6) is 0.538. The van der Waals surface area contributed by atoms with E-state index in [2.05, 4.69) is 11.9 Å². The number of aldehydes is 1. The minimum absolute atomic E-state index is 0.0664. The third-order valence-corrected chi connectivity index (χ3v) is 1.98. The predicted molar refractivity (Wildman–Crippen MR) is 40.8 cm³/mol. The van der Waals surface area contributed by atoms with Crippen molar-refractivity contribution in [1.29, 1.82) is 0 Å². The van der Waals surface area contributed by atoms with Crippen LogP contribution in [0.4, 0.5) is 0 Å². The minimum atomic E-state index is 0.0664. The van der Waals surface area contributed by atoms with Gasteiger partial charge in [0.1, 0.15) is 6.29 Å².